The van der Waals surface area contributed by atoms with Gasteiger partial charge in [-0.15, -0.1) is 17.0 Å². The van der Waals surface area contributed by atoms with E-state index in [4.69, 9.17) is 23.2 Å². The van der Waals surface area contributed by atoms with Crippen LogP contribution < -0.4 is 0 Å². The van der Waals surface area contributed by atoms with Crippen LogP contribution in [0.3, 0.4) is 0 Å². The molecule has 0 N–H and O–H groups in total. The summed E-state index contributed by atoms with van der Waals surface area (Å²) in [5, 5.41) is 1.61. The van der Waals surface area contributed by atoms with Gasteiger partial charge in [-0.25, -0.2) is 4.98 Å². The smallest absolute Gasteiger partial charge is 0.131 e. The topological polar surface area (TPSA) is 12.9 Å². The first kappa shape index (κ1) is 11.7. The van der Waals surface area contributed by atoms with Crippen molar-refractivity contribution in [2.45, 2.75) is 5.33 Å². The highest BCUT2D eigenvalue weighted by Crippen LogP contribution is 2.16. The Morgan fingerprint density at radius 2 is 1.73 bits per heavy atom. The van der Waals surface area contributed by atoms with Gasteiger partial charge in [0.2, 0.25) is 0 Å². The van der Waals surface area contributed by atoms with Gasteiger partial charge in [-0.2, -0.15) is 0 Å². The van der Waals surface area contributed by atoms with Crippen LogP contribution in [0.2, 0.25) is 10.3 Å². The number of hydrogen-bond donors (Lipinski definition) is 0. The summed E-state index contributed by atoms with van der Waals surface area (Å²) < 4.78 is 0. The summed E-state index contributed by atoms with van der Waals surface area (Å²) in [6.45, 7) is 0. The van der Waals surface area contributed by atoms with Crippen molar-refractivity contribution in [1.29, 1.82) is 0 Å². The van der Waals surface area contributed by atoms with Crippen LogP contribution in [-0.2, 0) is 5.33 Å². The molecule has 0 saturated heterocycles. The summed E-state index contributed by atoms with van der Waals surface area (Å²) in [4.78, 5) is 3.79. The lowest BCUT2D eigenvalue weighted by atomic mass is 10.3. The Hall–Kier alpha value is 0.690. The maximum absolute atomic E-state index is 5.61. The van der Waals surface area contributed by atoms with Crippen LogP contribution in [-0.4, -0.2) is 4.98 Å². The molecule has 0 amide bonds. The second kappa shape index (κ2) is 5.36. The fourth-order valence-electron chi connectivity index (χ4n) is 0.591. The molecule has 0 aliphatic heterocycles. The molecule has 0 radical (unpaired) electrons. The average Bonchev–Trinajstić information content (AvgIpc) is 1.85. The maximum Gasteiger partial charge on any atom is 0.131 e. The molecular formula is C6H5Br2Cl2N. The first-order valence-electron chi connectivity index (χ1n) is 2.60. The highest BCUT2D eigenvalue weighted by Gasteiger charge is 1.96. The van der Waals surface area contributed by atoms with Crippen molar-refractivity contribution in [2.75, 3.05) is 0 Å². The predicted octanol–water partition coefficient (Wildman–Crippen LogP) is 3.86. The van der Waals surface area contributed by atoms with Crippen LogP contribution in [0.25, 0.3) is 0 Å². The molecule has 0 saturated carbocycles. The van der Waals surface area contributed by atoms with Crippen molar-refractivity contribution in [3.05, 3.63) is 28.0 Å². The van der Waals surface area contributed by atoms with Gasteiger partial charge in [0.05, 0.1) is 0 Å². The number of hydrogen-bond acceptors (Lipinski definition) is 1. The Bertz CT molecular complexity index is 222. The lowest BCUT2D eigenvalue weighted by molar-refractivity contribution is 1.28. The minimum Gasteiger partial charge on any atom is -0.224 e. The van der Waals surface area contributed by atoms with E-state index in [0.717, 1.165) is 10.9 Å². The normalized spacial score (nSPS) is 9.00. The summed E-state index contributed by atoms with van der Waals surface area (Å²) in [5.41, 5.74) is 1.03. The van der Waals surface area contributed by atoms with E-state index >= 15 is 0 Å². The highest BCUT2D eigenvalue weighted by molar-refractivity contribution is 9.08. The highest BCUT2D eigenvalue weighted by atomic mass is 79.9. The monoisotopic (exact) mass is 319 g/mol. The van der Waals surface area contributed by atoms with Crippen molar-refractivity contribution >= 4 is 56.1 Å². The van der Waals surface area contributed by atoms with Crippen LogP contribution in [0.5, 0.6) is 0 Å². The lowest BCUT2D eigenvalue weighted by Gasteiger charge is -1.95. The van der Waals surface area contributed by atoms with E-state index in [1.165, 1.54) is 0 Å². The molecule has 0 aromatic carbocycles. The third-order valence-corrected chi connectivity index (χ3v) is 2.01. The van der Waals surface area contributed by atoms with Gasteiger partial charge in [0.15, 0.2) is 0 Å². The Kier molecular flexibility index (Phi) is 5.69. The first-order chi connectivity index (χ1) is 4.72. The van der Waals surface area contributed by atoms with Crippen molar-refractivity contribution in [3.8, 4) is 0 Å². The van der Waals surface area contributed by atoms with E-state index in [9.17, 15) is 0 Å². The Morgan fingerprint density at radius 3 is 2.09 bits per heavy atom. The fourth-order valence-corrected chi connectivity index (χ4v) is 1.42. The molecule has 0 spiro atoms. The van der Waals surface area contributed by atoms with Gasteiger partial charge in [-0.05, 0) is 17.7 Å². The molecule has 0 bridgehead atoms. The molecule has 62 valence electrons. The van der Waals surface area contributed by atoms with E-state index < -0.39 is 0 Å². The molecule has 0 aliphatic carbocycles. The van der Waals surface area contributed by atoms with Crippen LogP contribution in [0.15, 0.2) is 12.1 Å². The van der Waals surface area contributed by atoms with Crippen molar-refractivity contribution in [2.24, 2.45) is 0 Å². The van der Waals surface area contributed by atoms with Gasteiger partial charge in [0, 0.05) is 5.33 Å². The molecule has 11 heavy (non-hydrogen) atoms. The second-order valence-corrected chi connectivity index (χ2v) is 3.09. The Labute approximate surface area is 94.0 Å². The number of pyridine rings is 1. The minimum absolute atomic E-state index is 0. The van der Waals surface area contributed by atoms with Gasteiger partial charge < -0.3 is 0 Å². The fraction of sp³-hybridized carbons (Fsp3) is 0.167. The largest absolute Gasteiger partial charge is 0.224 e. The SMILES string of the molecule is Br.Clc1cc(CBr)cc(Cl)n1. The molecule has 1 aromatic rings. The summed E-state index contributed by atoms with van der Waals surface area (Å²) in [6.07, 6.45) is 0. The summed E-state index contributed by atoms with van der Waals surface area (Å²) in [7, 11) is 0. The van der Waals surface area contributed by atoms with Crippen LogP contribution in [0.4, 0.5) is 0 Å². The summed E-state index contributed by atoms with van der Waals surface area (Å²) >= 11 is 14.5. The number of rotatable bonds is 1. The first-order valence-corrected chi connectivity index (χ1v) is 4.48. The summed E-state index contributed by atoms with van der Waals surface area (Å²) in [5.74, 6) is 0. The predicted molar refractivity (Wildman–Crippen MR) is 57.2 cm³/mol. The van der Waals surface area contributed by atoms with Crippen LogP contribution >= 0.6 is 56.1 Å². The van der Waals surface area contributed by atoms with Crippen LogP contribution in [0, 0.1) is 0 Å². The molecule has 0 fully saturated rings. The number of alkyl halides is 1. The van der Waals surface area contributed by atoms with Gasteiger partial charge >= 0.3 is 0 Å². The molecule has 1 nitrogen and oxygen atoms in total. The van der Waals surface area contributed by atoms with Crippen molar-refractivity contribution < 1.29 is 0 Å². The molecule has 1 rings (SSSR count). The quantitative estimate of drug-likeness (QED) is 0.565. The lowest BCUT2D eigenvalue weighted by Crippen LogP contribution is -1.81. The van der Waals surface area contributed by atoms with Gasteiger partial charge in [0.25, 0.3) is 0 Å². The molecule has 1 aromatic heterocycles. The third-order valence-electron chi connectivity index (χ3n) is 0.977. The second-order valence-electron chi connectivity index (χ2n) is 1.75. The molecular weight excluding hydrogens is 317 g/mol. The van der Waals surface area contributed by atoms with E-state index in [2.05, 4.69) is 20.9 Å². The van der Waals surface area contributed by atoms with Gasteiger partial charge in [-0.1, -0.05) is 39.1 Å². The minimum atomic E-state index is 0. The molecule has 1 heterocycles. The van der Waals surface area contributed by atoms with E-state index in [1.54, 1.807) is 12.1 Å². The van der Waals surface area contributed by atoms with Crippen molar-refractivity contribution in [1.82, 2.24) is 4.98 Å². The number of halogens is 4. The van der Waals surface area contributed by atoms with E-state index in [1.807, 2.05) is 0 Å². The Morgan fingerprint density at radius 1 is 1.27 bits per heavy atom. The third kappa shape index (κ3) is 3.74. The van der Waals surface area contributed by atoms with E-state index in [-0.39, 0.29) is 17.0 Å². The molecule has 5 heteroatoms. The zero-order chi connectivity index (χ0) is 7.56. The maximum atomic E-state index is 5.61. The van der Waals surface area contributed by atoms with Gasteiger partial charge in [0.1, 0.15) is 10.3 Å². The standard InChI is InChI=1S/C6H4BrCl2N.BrH/c7-3-4-1-5(8)10-6(9)2-4;/h1-2H,3H2;1H. The molecule has 0 atom stereocenters. The average molecular weight is 322 g/mol. The van der Waals surface area contributed by atoms with Crippen molar-refractivity contribution in [3.63, 3.8) is 0 Å². The molecule has 0 unspecified atom stereocenters. The number of aromatic nitrogens is 1. The summed E-state index contributed by atoms with van der Waals surface area (Å²) in [6, 6.07) is 3.53. The zero-order valence-corrected chi connectivity index (χ0v) is 10.2. The molecule has 0 aliphatic rings. The van der Waals surface area contributed by atoms with E-state index in [0.29, 0.717) is 10.3 Å². The Balaban J connectivity index is 0.000001000. The van der Waals surface area contributed by atoms with Crippen LogP contribution in [0.1, 0.15) is 5.56 Å². The van der Waals surface area contributed by atoms with Gasteiger partial charge in [-0.3, -0.25) is 0 Å². The zero-order valence-electron chi connectivity index (χ0n) is 5.35. The number of nitrogens with zero attached hydrogens (tertiary/aromatic N) is 1.